The van der Waals surface area contributed by atoms with Crippen molar-refractivity contribution in [1.29, 1.82) is 0 Å². The van der Waals surface area contributed by atoms with E-state index in [4.69, 9.17) is 4.74 Å². The number of hydrogen-bond donors (Lipinski definition) is 1. The van der Waals surface area contributed by atoms with Crippen LogP contribution in [0, 0.1) is 5.92 Å². The average Bonchev–Trinajstić information content (AvgIpc) is 3.04. The first kappa shape index (κ1) is 20.3. The lowest BCUT2D eigenvalue weighted by atomic mass is 10.2. The number of hydrogen-bond acceptors (Lipinski definition) is 5. The van der Waals surface area contributed by atoms with Gasteiger partial charge in [0, 0.05) is 38.4 Å². The number of aromatic nitrogens is 1. The summed E-state index contributed by atoms with van der Waals surface area (Å²) in [6.07, 6.45) is 3.96. The average molecular weight is 388 g/mol. The SMILES string of the molecule is CC(C)CN1CC(OCc2cccnc2)CN(C(=O)[C@@H]2CCC(=O)N2)CC1=O. The lowest BCUT2D eigenvalue weighted by molar-refractivity contribution is -0.140. The molecule has 2 aliphatic heterocycles. The van der Waals surface area contributed by atoms with E-state index in [0.29, 0.717) is 45.0 Å². The minimum atomic E-state index is -0.545. The van der Waals surface area contributed by atoms with Crippen LogP contribution in [0.15, 0.2) is 24.5 Å². The van der Waals surface area contributed by atoms with Crippen molar-refractivity contribution in [2.24, 2.45) is 5.92 Å². The number of ether oxygens (including phenoxy) is 1. The van der Waals surface area contributed by atoms with Crippen LogP contribution in [-0.2, 0) is 25.7 Å². The summed E-state index contributed by atoms with van der Waals surface area (Å²) in [5.74, 6) is -0.0935. The molecule has 1 unspecified atom stereocenters. The van der Waals surface area contributed by atoms with Crippen molar-refractivity contribution < 1.29 is 19.1 Å². The van der Waals surface area contributed by atoms with E-state index >= 15 is 0 Å². The molecule has 3 heterocycles. The number of nitrogens with zero attached hydrogens (tertiary/aromatic N) is 3. The van der Waals surface area contributed by atoms with E-state index in [1.165, 1.54) is 4.90 Å². The maximum atomic E-state index is 12.9. The highest BCUT2D eigenvalue weighted by molar-refractivity contribution is 5.93. The predicted molar refractivity (Wildman–Crippen MR) is 102 cm³/mol. The van der Waals surface area contributed by atoms with Crippen LogP contribution in [0.5, 0.6) is 0 Å². The van der Waals surface area contributed by atoms with Crippen LogP contribution in [0.2, 0.25) is 0 Å². The summed E-state index contributed by atoms with van der Waals surface area (Å²) in [7, 11) is 0. The van der Waals surface area contributed by atoms with Crippen molar-refractivity contribution in [3.63, 3.8) is 0 Å². The minimum Gasteiger partial charge on any atom is -0.370 e. The summed E-state index contributed by atoms with van der Waals surface area (Å²) in [5, 5.41) is 2.70. The number of amides is 3. The van der Waals surface area contributed by atoms with Gasteiger partial charge in [0.15, 0.2) is 0 Å². The molecule has 0 radical (unpaired) electrons. The molecule has 2 atom stereocenters. The number of carbonyl (C=O) groups excluding carboxylic acids is 3. The molecule has 0 saturated carbocycles. The van der Waals surface area contributed by atoms with Crippen molar-refractivity contribution in [1.82, 2.24) is 20.1 Å². The molecular formula is C20H28N4O4. The van der Waals surface area contributed by atoms with E-state index in [-0.39, 0.29) is 30.4 Å². The van der Waals surface area contributed by atoms with Crippen LogP contribution in [0.25, 0.3) is 0 Å². The Labute approximate surface area is 165 Å². The van der Waals surface area contributed by atoms with Gasteiger partial charge in [0.25, 0.3) is 0 Å². The fraction of sp³-hybridized carbons (Fsp3) is 0.600. The summed E-state index contributed by atoms with van der Waals surface area (Å²) in [4.78, 5) is 44.5. The molecule has 3 rings (SSSR count). The topological polar surface area (TPSA) is 91.8 Å². The second kappa shape index (κ2) is 9.14. The number of rotatable bonds is 6. The molecule has 3 amide bonds. The van der Waals surface area contributed by atoms with Crippen molar-refractivity contribution in [2.45, 2.75) is 45.4 Å². The molecule has 1 N–H and O–H groups in total. The van der Waals surface area contributed by atoms with E-state index < -0.39 is 6.04 Å². The molecule has 0 bridgehead atoms. The van der Waals surface area contributed by atoms with Crippen LogP contribution in [0.1, 0.15) is 32.3 Å². The Bertz CT molecular complexity index is 709. The lowest BCUT2D eigenvalue weighted by Gasteiger charge is -2.26. The van der Waals surface area contributed by atoms with E-state index in [9.17, 15) is 14.4 Å². The second-order valence-corrected chi connectivity index (χ2v) is 7.86. The minimum absolute atomic E-state index is 0.0185. The summed E-state index contributed by atoms with van der Waals surface area (Å²) < 4.78 is 6.06. The third-order valence-electron chi connectivity index (χ3n) is 4.93. The van der Waals surface area contributed by atoms with Crippen LogP contribution in [-0.4, -0.2) is 70.8 Å². The molecule has 0 spiro atoms. The fourth-order valence-corrected chi connectivity index (χ4v) is 3.59. The van der Waals surface area contributed by atoms with Crippen molar-refractivity contribution in [3.05, 3.63) is 30.1 Å². The maximum Gasteiger partial charge on any atom is 0.245 e. The highest BCUT2D eigenvalue weighted by Gasteiger charge is 2.36. The molecule has 2 aliphatic rings. The van der Waals surface area contributed by atoms with Crippen LogP contribution in [0.3, 0.4) is 0 Å². The first-order valence-corrected chi connectivity index (χ1v) is 9.78. The molecule has 8 nitrogen and oxygen atoms in total. The van der Waals surface area contributed by atoms with Crippen LogP contribution >= 0.6 is 0 Å². The van der Waals surface area contributed by atoms with Gasteiger partial charge in [-0.05, 0) is 24.0 Å². The fourth-order valence-electron chi connectivity index (χ4n) is 3.59. The first-order chi connectivity index (χ1) is 13.4. The largest absolute Gasteiger partial charge is 0.370 e. The Balaban J connectivity index is 1.71. The van der Waals surface area contributed by atoms with Gasteiger partial charge in [-0.2, -0.15) is 0 Å². The van der Waals surface area contributed by atoms with Gasteiger partial charge < -0.3 is 19.9 Å². The zero-order chi connectivity index (χ0) is 20.1. The molecule has 0 aliphatic carbocycles. The Kier molecular flexibility index (Phi) is 6.61. The standard InChI is InChI=1S/C20H28N4O4/c1-14(2)9-23-10-16(28-13-15-4-3-7-21-8-15)11-24(12-19(23)26)20(27)17-5-6-18(25)22-17/h3-4,7-8,14,16-17H,5-6,9-13H2,1-2H3,(H,22,25)/t16?,17-/m0/s1. The van der Waals surface area contributed by atoms with Gasteiger partial charge in [-0.3, -0.25) is 19.4 Å². The van der Waals surface area contributed by atoms with Gasteiger partial charge in [0.2, 0.25) is 17.7 Å². The van der Waals surface area contributed by atoms with Crippen molar-refractivity contribution in [2.75, 3.05) is 26.2 Å². The molecule has 2 fully saturated rings. The predicted octanol–water partition coefficient (Wildman–Crippen LogP) is 0.572. The third-order valence-corrected chi connectivity index (χ3v) is 4.93. The van der Waals surface area contributed by atoms with Crippen LogP contribution in [0.4, 0.5) is 0 Å². The summed E-state index contributed by atoms with van der Waals surface area (Å²) >= 11 is 0. The number of nitrogens with one attached hydrogen (secondary N) is 1. The molecule has 8 heteroatoms. The number of carbonyl (C=O) groups is 3. The molecule has 0 aromatic carbocycles. The Morgan fingerprint density at radius 2 is 2.18 bits per heavy atom. The second-order valence-electron chi connectivity index (χ2n) is 7.86. The zero-order valence-electron chi connectivity index (χ0n) is 16.5. The highest BCUT2D eigenvalue weighted by Crippen LogP contribution is 2.16. The Hall–Kier alpha value is -2.48. The van der Waals surface area contributed by atoms with E-state index in [2.05, 4.69) is 24.1 Å². The smallest absolute Gasteiger partial charge is 0.245 e. The van der Waals surface area contributed by atoms with E-state index in [1.54, 1.807) is 17.3 Å². The van der Waals surface area contributed by atoms with Gasteiger partial charge in [-0.1, -0.05) is 19.9 Å². The molecule has 28 heavy (non-hydrogen) atoms. The van der Waals surface area contributed by atoms with Gasteiger partial charge in [0.1, 0.15) is 6.04 Å². The summed E-state index contributed by atoms with van der Waals surface area (Å²) in [5.41, 5.74) is 0.939. The summed E-state index contributed by atoms with van der Waals surface area (Å²) in [6.45, 7) is 5.88. The normalized spacial score (nSPS) is 23.1. The third kappa shape index (κ3) is 5.28. The van der Waals surface area contributed by atoms with Gasteiger partial charge >= 0.3 is 0 Å². The van der Waals surface area contributed by atoms with Crippen molar-refractivity contribution >= 4 is 17.7 Å². The molecule has 152 valence electrons. The maximum absolute atomic E-state index is 12.9. The molecular weight excluding hydrogens is 360 g/mol. The summed E-state index contributed by atoms with van der Waals surface area (Å²) in [6, 6.07) is 3.23. The quantitative estimate of drug-likeness (QED) is 0.769. The zero-order valence-corrected chi connectivity index (χ0v) is 16.5. The Morgan fingerprint density at radius 3 is 2.82 bits per heavy atom. The molecule has 1 aromatic heterocycles. The van der Waals surface area contributed by atoms with E-state index in [0.717, 1.165) is 5.56 Å². The van der Waals surface area contributed by atoms with Gasteiger partial charge in [-0.25, -0.2) is 0 Å². The molecule has 2 saturated heterocycles. The highest BCUT2D eigenvalue weighted by atomic mass is 16.5. The van der Waals surface area contributed by atoms with E-state index in [1.807, 2.05) is 12.1 Å². The van der Waals surface area contributed by atoms with Gasteiger partial charge in [-0.15, -0.1) is 0 Å². The van der Waals surface area contributed by atoms with Gasteiger partial charge in [0.05, 0.1) is 19.3 Å². The monoisotopic (exact) mass is 388 g/mol. The number of pyridine rings is 1. The first-order valence-electron chi connectivity index (χ1n) is 9.78. The van der Waals surface area contributed by atoms with Crippen LogP contribution < -0.4 is 5.32 Å². The lowest BCUT2D eigenvalue weighted by Crippen LogP contribution is -2.48. The Morgan fingerprint density at radius 1 is 1.36 bits per heavy atom. The molecule has 1 aromatic rings. The van der Waals surface area contributed by atoms with Crippen molar-refractivity contribution in [3.8, 4) is 0 Å².